The van der Waals surface area contributed by atoms with Gasteiger partial charge in [-0.1, -0.05) is 37.3 Å². The van der Waals surface area contributed by atoms with Crippen LogP contribution in [-0.4, -0.2) is 12.7 Å². The number of nitrogens with zero attached hydrogens (tertiary/aromatic N) is 1. The van der Waals surface area contributed by atoms with Crippen LogP contribution in [0, 0.1) is 11.3 Å². The molecule has 1 atom stereocenters. The lowest BCUT2D eigenvalue weighted by atomic mass is 10.2. The molecular formula is C12H15NO. The van der Waals surface area contributed by atoms with Crippen LogP contribution in [-0.2, 0) is 11.2 Å². The maximum Gasteiger partial charge on any atom is 0.143 e. The summed E-state index contributed by atoms with van der Waals surface area (Å²) in [5.41, 5.74) is 1.25. The van der Waals surface area contributed by atoms with Gasteiger partial charge >= 0.3 is 0 Å². The maximum atomic E-state index is 8.65. The van der Waals surface area contributed by atoms with Gasteiger partial charge in [0.25, 0.3) is 0 Å². The topological polar surface area (TPSA) is 33.0 Å². The molecule has 1 unspecified atom stereocenters. The summed E-state index contributed by atoms with van der Waals surface area (Å²) in [6, 6.07) is 12.3. The van der Waals surface area contributed by atoms with E-state index in [1.165, 1.54) is 5.56 Å². The van der Waals surface area contributed by atoms with Gasteiger partial charge < -0.3 is 4.74 Å². The molecule has 0 aliphatic heterocycles. The lowest BCUT2D eigenvalue weighted by Crippen LogP contribution is -2.11. The average Bonchev–Trinajstić information content (AvgIpc) is 2.26. The second-order valence-electron chi connectivity index (χ2n) is 3.13. The summed E-state index contributed by atoms with van der Waals surface area (Å²) in [5.74, 6) is 0. The Kier molecular flexibility index (Phi) is 4.74. The van der Waals surface area contributed by atoms with E-state index in [2.05, 4.69) is 18.2 Å². The molecule has 0 radical (unpaired) electrons. The van der Waals surface area contributed by atoms with E-state index >= 15 is 0 Å². The molecule has 0 heterocycles. The first-order valence-corrected chi connectivity index (χ1v) is 4.92. The SMILES string of the molecule is CCC(C#N)OCCc1ccccc1. The Balaban J connectivity index is 2.26. The quantitative estimate of drug-likeness (QED) is 0.713. The molecule has 0 N–H and O–H groups in total. The summed E-state index contributed by atoms with van der Waals surface area (Å²) in [6.07, 6.45) is 1.38. The maximum absolute atomic E-state index is 8.65. The number of benzene rings is 1. The zero-order chi connectivity index (χ0) is 10.2. The Morgan fingerprint density at radius 1 is 1.36 bits per heavy atom. The normalized spacial score (nSPS) is 12.0. The molecule has 0 saturated heterocycles. The van der Waals surface area contributed by atoms with Gasteiger partial charge in [-0.15, -0.1) is 0 Å². The molecule has 0 fully saturated rings. The molecule has 0 aliphatic rings. The van der Waals surface area contributed by atoms with Crippen LogP contribution in [0.2, 0.25) is 0 Å². The standard InChI is InChI=1S/C12H15NO/c1-2-12(10-13)14-9-8-11-6-4-3-5-7-11/h3-7,12H,2,8-9H2,1H3. The van der Waals surface area contributed by atoms with Gasteiger partial charge in [0.15, 0.2) is 0 Å². The molecule has 0 aromatic heterocycles. The molecule has 2 heteroatoms. The van der Waals surface area contributed by atoms with Crippen molar-refractivity contribution < 1.29 is 4.74 Å². The van der Waals surface area contributed by atoms with Crippen LogP contribution in [0.3, 0.4) is 0 Å². The first-order chi connectivity index (χ1) is 6.86. The van der Waals surface area contributed by atoms with E-state index in [4.69, 9.17) is 10.00 Å². The van der Waals surface area contributed by atoms with E-state index in [9.17, 15) is 0 Å². The molecule has 0 amide bonds. The highest BCUT2D eigenvalue weighted by Crippen LogP contribution is 2.02. The molecule has 2 nitrogen and oxygen atoms in total. The van der Waals surface area contributed by atoms with Gasteiger partial charge in [0.2, 0.25) is 0 Å². The van der Waals surface area contributed by atoms with Crippen molar-refractivity contribution in [3.63, 3.8) is 0 Å². The highest BCUT2D eigenvalue weighted by atomic mass is 16.5. The minimum Gasteiger partial charge on any atom is -0.363 e. The Bertz CT molecular complexity index is 289. The van der Waals surface area contributed by atoms with Gasteiger partial charge in [-0.05, 0) is 18.4 Å². The van der Waals surface area contributed by atoms with E-state index in [-0.39, 0.29) is 6.10 Å². The van der Waals surface area contributed by atoms with Crippen molar-refractivity contribution in [2.75, 3.05) is 6.61 Å². The van der Waals surface area contributed by atoms with Gasteiger partial charge in [-0.25, -0.2) is 0 Å². The van der Waals surface area contributed by atoms with Crippen molar-refractivity contribution in [3.05, 3.63) is 35.9 Å². The first-order valence-electron chi connectivity index (χ1n) is 4.92. The summed E-state index contributed by atoms with van der Waals surface area (Å²) in [6.45, 7) is 2.58. The first kappa shape index (κ1) is 10.7. The Morgan fingerprint density at radius 3 is 2.64 bits per heavy atom. The summed E-state index contributed by atoms with van der Waals surface area (Å²) in [7, 11) is 0. The second kappa shape index (κ2) is 6.17. The lowest BCUT2D eigenvalue weighted by Gasteiger charge is -2.07. The minimum absolute atomic E-state index is 0.251. The van der Waals surface area contributed by atoms with Crippen LogP contribution in [0.15, 0.2) is 30.3 Å². The number of rotatable bonds is 5. The summed E-state index contributed by atoms with van der Waals surface area (Å²) >= 11 is 0. The van der Waals surface area contributed by atoms with Crippen molar-refractivity contribution >= 4 is 0 Å². The minimum atomic E-state index is -0.251. The second-order valence-corrected chi connectivity index (χ2v) is 3.13. The third-order valence-corrected chi connectivity index (χ3v) is 2.07. The number of hydrogen-bond donors (Lipinski definition) is 0. The van der Waals surface area contributed by atoms with Gasteiger partial charge in [0.1, 0.15) is 6.10 Å². The summed E-state index contributed by atoms with van der Waals surface area (Å²) in [4.78, 5) is 0. The van der Waals surface area contributed by atoms with Crippen molar-refractivity contribution in [1.82, 2.24) is 0 Å². The fourth-order valence-corrected chi connectivity index (χ4v) is 1.21. The highest BCUT2D eigenvalue weighted by molar-refractivity contribution is 5.14. The summed E-state index contributed by atoms with van der Waals surface area (Å²) < 4.78 is 5.38. The smallest absolute Gasteiger partial charge is 0.143 e. The fraction of sp³-hybridized carbons (Fsp3) is 0.417. The number of nitriles is 1. The van der Waals surface area contributed by atoms with Crippen LogP contribution in [0.5, 0.6) is 0 Å². The number of hydrogen-bond acceptors (Lipinski definition) is 2. The van der Waals surface area contributed by atoms with E-state index in [0.717, 1.165) is 12.8 Å². The monoisotopic (exact) mass is 189 g/mol. The van der Waals surface area contributed by atoms with Crippen molar-refractivity contribution in [1.29, 1.82) is 5.26 Å². The lowest BCUT2D eigenvalue weighted by molar-refractivity contribution is 0.0901. The van der Waals surface area contributed by atoms with Crippen molar-refractivity contribution in [3.8, 4) is 6.07 Å². The zero-order valence-electron chi connectivity index (χ0n) is 8.44. The van der Waals surface area contributed by atoms with Gasteiger partial charge in [-0.2, -0.15) is 5.26 Å². The molecule has 1 aromatic rings. The van der Waals surface area contributed by atoms with E-state index < -0.39 is 0 Å². The fourth-order valence-electron chi connectivity index (χ4n) is 1.21. The van der Waals surface area contributed by atoms with Crippen LogP contribution >= 0.6 is 0 Å². The predicted octanol–water partition coefficient (Wildman–Crippen LogP) is 2.55. The van der Waals surface area contributed by atoms with Crippen molar-refractivity contribution in [2.24, 2.45) is 0 Å². The molecule has 14 heavy (non-hydrogen) atoms. The third kappa shape index (κ3) is 3.59. The highest BCUT2D eigenvalue weighted by Gasteiger charge is 2.02. The molecule has 0 bridgehead atoms. The van der Waals surface area contributed by atoms with E-state index in [0.29, 0.717) is 6.61 Å². The Hall–Kier alpha value is -1.33. The number of ether oxygens (including phenoxy) is 1. The average molecular weight is 189 g/mol. The molecule has 1 rings (SSSR count). The van der Waals surface area contributed by atoms with Gasteiger partial charge in [-0.3, -0.25) is 0 Å². The molecular weight excluding hydrogens is 174 g/mol. The molecule has 0 saturated carbocycles. The van der Waals surface area contributed by atoms with Gasteiger partial charge in [0.05, 0.1) is 12.7 Å². The molecule has 74 valence electrons. The Morgan fingerprint density at radius 2 is 2.07 bits per heavy atom. The van der Waals surface area contributed by atoms with Crippen LogP contribution in [0.25, 0.3) is 0 Å². The van der Waals surface area contributed by atoms with Gasteiger partial charge in [0, 0.05) is 0 Å². The Labute approximate surface area is 85.1 Å². The molecule has 0 aliphatic carbocycles. The summed E-state index contributed by atoms with van der Waals surface area (Å²) in [5, 5.41) is 8.65. The van der Waals surface area contributed by atoms with E-state index in [1.807, 2.05) is 25.1 Å². The third-order valence-electron chi connectivity index (χ3n) is 2.07. The van der Waals surface area contributed by atoms with E-state index in [1.54, 1.807) is 0 Å². The van der Waals surface area contributed by atoms with Crippen LogP contribution < -0.4 is 0 Å². The molecule has 1 aromatic carbocycles. The predicted molar refractivity (Wildman–Crippen MR) is 55.8 cm³/mol. The van der Waals surface area contributed by atoms with Crippen LogP contribution in [0.4, 0.5) is 0 Å². The largest absolute Gasteiger partial charge is 0.363 e. The zero-order valence-corrected chi connectivity index (χ0v) is 8.44. The molecule has 0 spiro atoms. The van der Waals surface area contributed by atoms with Crippen molar-refractivity contribution in [2.45, 2.75) is 25.9 Å². The van der Waals surface area contributed by atoms with Crippen LogP contribution in [0.1, 0.15) is 18.9 Å².